The highest BCUT2D eigenvalue weighted by atomic mass is 16.6. The van der Waals surface area contributed by atoms with Gasteiger partial charge < -0.3 is 4.84 Å². The maximum absolute atomic E-state index is 4.92. The van der Waals surface area contributed by atoms with E-state index in [1.807, 2.05) is 6.92 Å². The maximum Gasteiger partial charge on any atom is 0.135 e. The van der Waals surface area contributed by atoms with Crippen LogP contribution in [0.15, 0.2) is 17.8 Å². The smallest absolute Gasteiger partial charge is 0.135 e. The molecule has 0 fully saturated rings. The van der Waals surface area contributed by atoms with Crippen molar-refractivity contribution in [3.8, 4) is 0 Å². The van der Waals surface area contributed by atoms with E-state index in [4.69, 9.17) is 4.84 Å². The molecule has 2 heteroatoms. The Hall–Kier alpha value is -0.790. The first kappa shape index (κ1) is 10.2. The number of oxime groups is 1. The molecule has 0 heterocycles. The molecule has 0 atom stereocenters. The van der Waals surface area contributed by atoms with E-state index in [-0.39, 0.29) is 0 Å². The summed E-state index contributed by atoms with van der Waals surface area (Å²) in [6.07, 6.45) is 2.68. The molecule has 0 N–H and O–H groups in total. The monoisotopic (exact) mass is 155 g/mol. The Morgan fingerprint density at radius 3 is 2.73 bits per heavy atom. The van der Waals surface area contributed by atoms with Crippen LogP contribution in [-0.2, 0) is 4.84 Å². The summed E-state index contributed by atoms with van der Waals surface area (Å²) in [6.45, 7) is 10.3. The maximum atomic E-state index is 4.92. The fourth-order valence-corrected chi connectivity index (χ4v) is 0.828. The van der Waals surface area contributed by atoms with Crippen LogP contribution in [0, 0.1) is 5.92 Å². The molecule has 0 radical (unpaired) electrons. The highest BCUT2D eigenvalue weighted by Crippen LogP contribution is 2.01. The van der Waals surface area contributed by atoms with E-state index < -0.39 is 0 Å². The molecule has 0 saturated carbocycles. The summed E-state index contributed by atoms with van der Waals surface area (Å²) in [7, 11) is 0. The molecule has 0 aliphatic heterocycles. The summed E-state index contributed by atoms with van der Waals surface area (Å²) < 4.78 is 0. The molecule has 0 unspecified atom stereocenters. The minimum Gasteiger partial charge on any atom is -0.392 e. The number of hydrogen-bond acceptors (Lipinski definition) is 2. The SMILES string of the molecule is C=CCON=C(C)CC(C)C. The van der Waals surface area contributed by atoms with Gasteiger partial charge in [-0.1, -0.05) is 31.7 Å². The Bertz CT molecular complexity index is 138. The van der Waals surface area contributed by atoms with Crippen LogP contribution in [0.2, 0.25) is 0 Å². The quantitative estimate of drug-likeness (QED) is 0.259. The molecular formula is C9H17NO. The summed E-state index contributed by atoms with van der Waals surface area (Å²) in [4.78, 5) is 4.92. The lowest BCUT2D eigenvalue weighted by atomic mass is 10.1. The van der Waals surface area contributed by atoms with Gasteiger partial charge in [-0.3, -0.25) is 0 Å². The van der Waals surface area contributed by atoms with Crippen molar-refractivity contribution in [3.63, 3.8) is 0 Å². The zero-order valence-corrected chi connectivity index (χ0v) is 7.63. The van der Waals surface area contributed by atoms with Crippen molar-refractivity contribution in [2.45, 2.75) is 27.2 Å². The summed E-state index contributed by atoms with van der Waals surface area (Å²) in [5, 5.41) is 3.90. The molecule has 2 nitrogen and oxygen atoms in total. The average Bonchev–Trinajstić information content (AvgIpc) is 1.86. The third-order valence-electron chi connectivity index (χ3n) is 1.12. The molecule has 0 saturated heterocycles. The summed E-state index contributed by atoms with van der Waals surface area (Å²) >= 11 is 0. The van der Waals surface area contributed by atoms with Crippen molar-refractivity contribution < 1.29 is 4.84 Å². The topological polar surface area (TPSA) is 21.6 Å². The molecule has 0 amide bonds. The van der Waals surface area contributed by atoms with Crippen LogP contribution < -0.4 is 0 Å². The van der Waals surface area contributed by atoms with E-state index >= 15 is 0 Å². The lowest BCUT2D eigenvalue weighted by molar-refractivity contribution is 0.173. The minimum atomic E-state index is 0.495. The van der Waals surface area contributed by atoms with Crippen LogP contribution in [-0.4, -0.2) is 12.3 Å². The van der Waals surface area contributed by atoms with Gasteiger partial charge in [-0.25, -0.2) is 0 Å². The molecule has 11 heavy (non-hydrogen) atoms. The molecule has 0 spiro atoms. The molecular weight excluding hydrogens is 138 g/mol. The van der Waals surface area contributed by atoms with Crippen molar-refractivity contribution in [2.75, 3.05) is 6.61 Å². The van der Waals surface area contributed by atoms with Gasteiger partial charge >= 0.3 is 0 Å². The summed E-state index contributed by atoms with van der Waals surface area (Å²) in [5.41, 5.74) is 1.04. The zero-order valence-electron chi connectivity index (χ0n) is 7.63. The van der Waals surface area contributed by atoms with Crippen LogP contribution in [0.5, 0.6) is 0 Å². The van der Waals surface area contributed by atoms with Gasteiger partial charge in [0.1, 0.15) is 6.61 Å². The lowest BCUT2D eigenvalue weighted by Gasteiger charge is -2.02. The van der Waals surface area contributed by atoms with Gasteiger partial charge in [-0.2, -0.15) is 0 Å². The van der Waals surface area contributed by atoms with Gasteiger partial charge in [0.2, 0.25) is 0 Å². The van der Waals surface area contributed by atoms with Gasteiger partial charge in [0.15, 0.2) is 0 Å². The van der Waals surface area contributed by atoms with E-state index in [2.05, 4.69) is 25.6 Å². The molecule has 0 aromatic heterocycles. The first-order valence-electron chi connectivity index (χ1n) is 3.93. The minimum absolute atomic E-state index is 0.495. The van der Waals surface area contributed by atoms with Crippen molar-refractivity contribution in [2.24, 2.45) is 11.1 Å². The van der Waals surface area contributed by atoms with E-state index in [0.29, 0.717) is 12.5 Å². The predicted octanol–water partition coefficient (Wildman–Crippen LogP) is 2.61. The number of rotatable bonds is 5. The standard InChI is InChI=1S/C9H17NO/c1-5-6-11-10-9(4)7-8(2)3/h5,8H,1,6-7H2,2-4H3. The Morgan fingerprint density at radius 2 is 2.27 bits per heavy atom. The van der Waals surface area contributed by atoms with Crippen molar-refractivity contribution >= 4 is 5.71 Å². The molecule has 0 aromatic rings. The van der Waals surface area contributed by atoms with Gasteiger partial charge in [-0.05, 0) is 19.3 Å². The van der Waals surface area contributed by atoms with E-state index in [9.17, 15) is 0 Å². The molecule has 64 valence electrons. The van der Waals surface area contributed by atoms with Gasteiger partial charge in [0, 0.05) is 0 Å². The Kier molecular flexibility index (Phi) is 5.53. The normalized spacial score (nSPS) is 11.8. The highest BCUT2D eigenvalue weighted by molar-refractivity contribution is 5.81. The largest absolute Gasteiger partial charge is 0.392 e. The first-order chi connectivity index (χ1) is 5.16. The average molecular weight is 155 g/mol. The van der Waals surface area contributed by atoms with Crippen LogP contribution in [0.4, 0.5) is 0 Å². The molecule has 0 aliphatic rings. The van der Waals surface area contributed by atoms with Crippen molar-refractivity contribution in [1.82, 2.24) is 0 Å². The Morgan fingerprint density at radius 1 is 1.64 bits per heavy atom. The van der Waals surface area contributed by atoms with E-state index in [0.717, 1.165) is 12.1 Å². The summed E-state index contributed by atoms with van der Waals surface area (Å²) in [6, 6.07) is 0. The molecule has 0 aliphatic carbocycles. The highest BCUT2D eigenvalue weighted by Gasteiger charge is 1.96. The van der Waals surface area contributed by atoms with Crippen LogP contribution >= 0.6 is 0 Å². The third kappa shape index (κ3) is 7.10. The van der Waals surface area contributed by atoms with Gasteiger partial charge in [-0.15, -0.1) is 0 Å². The summed E-state index contributed by atoms with van der Waals surface area (Å²) in [5.74, 6) is 0.645. The van der Waals surface area contributed by atoms with Crippen LogP contribution in [0.1, 0.15) is 27.2 Å². The van der Waals surface area contributed by atoms with E-state index in [1.54, 1.807) is 6.08 Å². The molecule has 0 aromatic carbocycles. The van der Waals surface area contributed by atoms with E-state index in [1.165, 1.54) is 0 Å². The second-order valence-electron chi connectivity index (χ2n) is 3.01. The fraction of sp³-hybridized carbons (Fsp3) is 0.667. The molecule has 0 rings (SSSR count). The Balaban J connectivity index is 3.53. The number of hydrogen-bond donors (Lipinski definition) is 0. The van der Waals surface area contributed by atoms with Gasteiger partial charge in [0.25, 0.3) is 0 Å². The predicted molar refractivity (Wildman–Crippen MR) is 48.7 cm³/mol. The van der Waals surface area contributed by atoms with Crippen LogP contribution in [0.3, 0.4) is 0 Å². The third-order valence-corrected chi connectivity index (χ3v) is 1.12. The fourth-order valence-electron chi connectivity index (χ4n) is 0.828. The van der Waals surface area contributed by atoms with Crippen molar-refractivity contribution in [3.05, 3.63) is 12.7 Å². The first-order valence-corrected chi connectivity index (χ1v) is 3.93. The zero-order chi connectivity index (χ0) is 8.69. The number of nitrogens with zero attached hydrogens (tertiary/aromatic N) is 1. The lowest BCUT2D eigenvalue weighted by Crippen LogP contribution is -1.99. The van der Waals surface area contributed by atoms with Crippen LogP contribution in [0.25, 0.3) is 0 Å². The second kappa shape index (κ2) is 5.96. The van der Waals surface area contributed by atoms with Gasteiger partial charge in [0.05, 0.1) is 5.71 Å². The molecule has 0 bridgehead atoms. The van der Waals surface area contributed by atoms with Crippen molar-refractivity contribution in [1.29, 1.82) is 0 Å². The second-order valence-corrected chi connectivity index (χ2v) is 3.01. The Labute approximate surface area is 68.9 Å².